The van der Waals surface area contributed by atoms with Crippen LogP contribution in [0.2, 0.25) is 0 Å². The predicted octanol–water partition coefficient (Wildman–Crippen LogP) is 2.76. The quantitative estimate of drug-likeness (QED) is 0.704. The Morgan fingerprint density at radius 2 is 2.08 bits per heavy atom. The van der Waals surface area contributed by atoms with Crippen molar-refractivity contribution in [3.8, 4) is 11.8 Å². The van der Waals surface area contributed by atoms with Gasteiger partial charge in [-0.1, -0.05) is 18.2 Å². The van der Waals surface area contributed by atoms with Gasteiger partial charge in [0.05, 0.1) is 12.2 Å². The highest BCUT2D eigenvalue weighted by molar-refractivity contribution is 5.21. The molecule has 2 heteroatoms. The van der Waals surface area contributed by atoms with Gasteiger partial charge in [-0.3, -0.25) is 0 Å². The van der Waals surface area contributed by atoms with Gasteiger partial charge in [-0.15, -0.1) is 0 Å². The Bertz CT molecular complexity index is 276. The van der Waals surface area contributed by atoms with E-state index in [4.69, 9.17) is 10.00 Å². The molecule has 13 heavy (non-hydrogen) atoms. The first kappa shape index (κ1) is 9.60. The summed E-state index contributed by atoms with van der Waals surface area (Å²) in [6.45, 7) is 1.98. The summed E-state index contributed by atoms with van der Waals surface area (Å²) in [5.41, 5.74) is 0. The molecule has 0 saturated heterocycles. The summed E-state index contributed by atoms with van der Waals surface area (Å²) in [7, 11) is 0. The van der Waals surface area contributed by atoms with Crippen LogP contribution in [0.25, 0.3) is 0 Å². The predicted molar refractivity (Wildman–Crippen MR) is 51.4 cm³/mol. The van der Waals surface area contributed by atoms with Gasteiger partial charge in [0.15, 0.2) is 0 Å². The van der Waals surface area contributed by atoms with Crippen molar-refractivity contribution < 1.29 is 4.74 Å². The maximum atomic E-state index is 8.38. The maximum Gasteiger partial charge on any atom is 0.119 e. The van der Waals surface area contributed by atoms with Crippen molar-refractivity contribution in [1.29, 1.82) is 5.26 Å². The van der Waals surface area contributed by atoms with Crippen LogP contribution >= 0.6 is 0 Å². The number of ether oxygens (including phenoxy) is 1. The monoisotopic (exact) mass is 175 g/mol. The molecule has 1 aromatic rings. The zero-order valence-electron chi connectivity index (χ0n) is 7.73. The lowest BCUT2D eigenvalue weighted by Gasteiger charge is -2.12. The van der Waals surface area contributed by atoms with Crippen LogP contribution in [0.5, 0.6) is 5.75 Å². The van der Waals surface area contributed by atoms with Crippen LogP contribution in [0.4, 0.5) is 0 Å². The number of nitriles is 1. The molecule has 0 aliphatic rings. The Hall–Kier alpha value is -1.49. The van der Waals surface area contributed by atoms with Crippen molar-refractivity contribution in [3.05, 3.63) is 30.3 Å². The van der Waals surface area contributed by atoms with E-state index in [0.717, 1.165) is 12.2 Å². The van der Waals surface area contributed by atoms with E-state index in [1.165, 1.54) is 0 Å². The normalized spacial score (nSPS) is 11.7. The van der Waals surface area contributed by atoms with Gasteiger partial charge in [-0.2, -0.15) is 5.26 Å². The molecule has 0 aliphatic carbocycles. The molecule has 0 amide bonds. The third kappa shape index (κ3) is 3.62. The average Bonchev–Trinajstić information content (AvgIpc) is 2.16. The van der Waals surface area contributed by atoms with Gasteiger partial charge in [0.25, 0.3) is 0 Å². The number of hydrogen-bond donors (Lipinski definition) is 0. The summed E-state index contributed by atoms with van der Waals surface area (Å²) >= 11 is 0. The van der Waals surface area contributed by atoms with E-state index in [1.807, 2.05) is 37.3 Å². The van der Waals surface area contributed by atoms with Crippen LogP contribution in [-0.2, 0) is 0 Å². The minimum absolute atomic E-state index is 0.113. The largest absolute Gasteiger partial charge is 0.491 e. The van der Waals surface area contributed by atoms with Gasteiger partial charge < -0.3 is 4.74 Å². The summed E-state index contributed by atoms with van der Waals surface area (Å²) in [5.74, 6) is 0.868. The number of hydrogen-bond acceptors (Lipinski definition) is 2. The van der Waals surface area contributed by atoms with Gasteiger partial charge in [-0.05, 0) is 25.5 Å². The number of para-hydroxylation sites is 1. The van der Waals surface area contributed by atoms with Crippen LogP contribution in [0.15, 0.2) is 30.3 Å². The summed E-state index contributed by atoms with van der Waals surface area (Å²) in [5, 5.41) is 8.38. The highest BCUT2D eigenvalue weighted by Gasteiger charge is 2.01. The number of benzene rings is 1. The Balaban J connectivity index is 2.37. The summed E-state index contributed by atoms with van der Waals surface area (Å²) in [6, 6.07) is 11.8. The molecule has 1 unspecified atom stereocenters. The Morgan fingerprint density at radius 1 is 1.38 bits per heavy atom. The fraction of sp³-hybridized carbons (Fsp3) is 0.364. The lowest BCUT2D eigenvalue weighted by atomic mass is 10.2. The van der Waals surface area contributed by atoms with E-state index in [9.17, 15) is 0 Å². The Labute approximate surface area is 78.8 Å². The second-order valence-corrected chi connectivity index (χ2v) is 2.94. The van der Waals surface area contributed by atoms with Crippen LogP contribution in [0.3, 0.4) is 0 Å². The molecule has 0 spiro atoms. The van der Waals surface area contributed by atoms with Crippen molar-refractivity contribution in [2.45, 2.75) is 25.9 Å². The lowest BCUT2D eigenvalue weighted by Crippen LogP contribution is -2.10. The zero-order chi connectivity index (χ0) is 9.52. The number of nitrogens with zero attached hydrogens (tertiary/aromatic N) is 1. The van der Waals surface area contributed by atoms with E-state index in [2.05, 4.69) is 6.07 Å². The molecule has 0 radical (unpaired) electrons. The van der Waals surface area contributed by atoms with E-state index in [1.54, 1.807) is 0 Å². The second kappa shape index (κ2) is 5.21. The molecule has 0 heterocycles. The van der Waals surface area contributed by atoms with Gasteiger partial charge in [0.2, 0.25) is 0 Å². The molecule has 1 rings (SSSR count). The van der Waals surface area contributed by atoms with Crippen molar-refractivity contribution in [3.63, 3.8) is 0 Å². The van der Waals surface area contributed by atoms with E-state index in [-0.39, 0.29) is 6.10 Å². The van der Waals surface area contributed by atoms with Gasteiger partial charge >= 0.3 is 0 Å². The summed E-state index contributed by atoms with van der Waals surface area (Å²) < 4.78 is 5.57. The van der Waals surface area contributed by atoms with Gasteiger partial charge in [0.1, 0.15) is 5.75 Å². The highest BCUT2D eigenvalue weighted by Crippen LogP contribution is 2.12. The third-order valence-electron chi connectivity index (χ3n) is 1.74. The van der Waals surface area contributed by atoms with E-state index < -0.39 is 0 Å². The van der Waals surface area contributed by atoms with E-state index >= 15 is 0 Å². The Kier molecular flexibility index (Phi) is 3.84. The molecular weight excluding hydrogens is 162 g/mol. The minimum Gasteiger partial charge on any atom is -0.491 e. The van der Waals surface area contributed by atoms with Gasteiger partial charge in [0, 0.05) is 6.42 Å². The summed E-state index contributed by atoms with van der Waals surface area (Å²) in [6.07, 6.45) is 1.45. The maximum absolute atomic E-state index is 8.38. The van der Waals surface area contributed by atoms with Crippen LogP contribution in [0.1, 0.15) is 19.8 Å². The molecule has 0 aromatic heterocycles. The molecule has 0 aliphatic heterocycles. The fourth-order valence-corrected chi connectivity index (χ4v) is 1.06. The first-order chi connectivity index (χ1) is 6.33. The third-order valence-corrected chi connectivity index (χ3v) is 1.74. The molecule has 0 fully saturated rings. The van der Waals surface area contributed by atoms with Crippen LogP contribution in [-0.4, -0.2) is 6.10 Å². The fourth-order valence-electron chi connectivity index (χ4n) is 1.06. The standard InChI is InChI=1S/C11H13NO/c1-10(6-5-9-12)13-11-7-3-2-4-8-11/h2-4,7-8,10H,5-6H2,1H3. The topological polar surface area (TPSA) is 33.0 Å². The SMILES string of the molecule is CC(CCC#N)Oc1ccccc1. The molecule has 68 valence electrons. The molecule has 1 aromatic carbocycles. The second-order valence-electron chi connectivity index (χ2n) is 2.94. The van der Waals surface area contributed by atoms with Crippen molar-refractivity contribution in [2.24, 2.45) is 0 Å². The van der Waals surface area contributed by atoms with Crippen molar-refractivity contribution in [1.82, 2.24) is 0 Å². The summed E-state index contributed by atoms with van der Waals surface area (Å²) in [4.78, 5) is 0. The lowest BCUT2D eigenvalue weighted by molar-refractivity contribution is 0.213. The first-order valence-electron chi connectivity index (χ1n) is 4.41. The molecule has 0 bridgehead atoms. The molecule has 1 atom stereocenters. The van der Waals surface area contributed by atoms with Crippen LogP contribution in [0, 0.1) is 11.3 Å². The van der Waals surface area contributed by atoms with Crippen molar-refractivity contribution >= 4 is 0 Å². The first-order valence-corrected chi connectivity index (χ1v) is 4.41. The smallest absolute Gasteiger partial charge is 0.119 e. The number of rotatable bonds is 4. The van der Waals surface area contributed by atoms with Crippen molar-refractivity contribution in [2.75, 3.05) is 0 Å². The Morgan fingerprint density at radius 3 is 2.69 bits per heavy atom. The highest BCUT2D eigenvalue weighted by atomic mass is 16.5. The zero-order valence-corrected chi connectivity index (χ0v) is 7.73. The van der Waals surface area contributed by atoms with Crippen LogP contribution < -0.4 is 4.74 Å². The molecular formula is C11H13NO. The average molecular weight is 175 g/mol. The van der Waals surface area contributed by atoms with E-state index in [0.29, 0.717) is 6.42 Å². The molecule has 2 nitrogen and oxygen atoms in total. The van der Waals surface area contributed by atoms with Gasteiger partial charge in [-0.25, -0.2) is 0 Å². The minimum atomic E-state index is 0.113. The molecule has 0 N–H and O–H groups in total. The molecule has 0 saturated carbocycles.